The van der Waals surface area contributed by atoms with Gasteiger partial charge in [0.15, 0.2) is 0 Å². The van der Waals surface area contributed by atoms with Crippen LogP contribution in [0.1, 0.15) is 5.56 Å². The largest absolute Gasteiger partial charge is 0.497 e. The molecule has 0 bridgehead atoms. The van der Waals surface area contributed by atoms with Crippen molar-refractivity contribution in [3.63, 3.8) is 0 Å². The minimum Gasteiger partial charge on any atom is -0.497 e. The lowest BCUT2D eigenvalue weighted by Crippen LogP contribution is -2.34. The molecule has 25 heavy (non-hydrogen) atoms. The normalized spacial score (nSPS) is 16.0. The number of hydrogen-bond donors (Lipinski definition) is 2. The predicted octanol–water partition coefficient (Wildman–Crippen LogP) is 4.62. The number of ether oxygens (including phenoxy) is 1. The first-order chi connectivity index (χ1) is 12.0. The standard InChI is InChI=1S/C18H15Cl2N3O2/c1-25-13-4-2-12(3-5-13)23-9-10-6-14-15(20)7-11(19)8-16(14)21-17(10)18(24)22-23/h2-5,7-8,21H,6,9H2,1H3,(H,22,24). The number of hydrogen-bond acceptors (Lipinski definition) is 4. The van der Waals surface area contributed by atoms with Crippen molar-refractivity contribution in [1.82, 2.24) is 0 Å². The molecular weight excluding hydrogens is 361 g/mol. The third-order valence-electron chi connectivity index (χ3n) is 4.31. The molecular formula is C18H15Cl2N3O2. The number of nitrogens with one attached hydrogen (secondary N) is 1. The van der Waals surface area contributed by atoms with Gasteiger partial charge < -0.3 is 15.2 Å². The number of hydrazone groups is 1. The monoisotopic (exact) mass is 375 g/mol. The summed E-state index contributed by atoms with van der Waals surface area (Å²) in [6.07, 6.45) is 0.625. The Hall–Kier alpha value is -2.37. The van der Waals surface area contributed by atoms with Crippen molar-refractivity contribution >= 4 is 40.5 Å². The van der Waals surface area contributed by atoms with Crippen molar-refractivity contribution in [2.45, 2.75) is 6.42 Å². The first-order valence-electron chi connectivity index (χ1n) is 7.71. The number of aliphatic hydroxyl groups excluding tert-OH is 1. The highest BCUT2D eigenvalue weighted by Crippen LogP contribution is 2.37. The van der Waals surface area contributed by atoms with Crippen molar-refractivity contribution in [2.75, 3.05) is 24.0 Å². The van der Waals surface area contributed by atoms with Crippen LogP contribution < -0.4 is 15.1 Å². The Morgan fingerprint density at radius 2 is 1.96 bits per heavy atom. The van der Waals surface area contributed by atoms with Crippen LogP contribution in [0, 0.1) is 0 Å². The summed E-state index contributed by atoms with van der Waals surface area (Å²) in [7, 11) is 1.62. The van der Waals surface area contributed by atoms with E-state index in [9.17, 15) is 5.11 Å². The van der Waals surface area contributed by atoms with Gasteiger partial charge in [0.05, 0.1) is 19.3 Å². The van der Waals surface area contributed by atoms with Gasteiger partial charge in [-0.3, -0.25) is 5.01 Å². The zero-order chi connectivity index (χ0) is 17.6. The first-order valence-corrected chi connectivity index (χ1v) is 8.47. The summed E-state index contributed by atoms with van der Waals surface area (Å²) in [5.41, 5.74) is 4.27. The second kappa shape index (κ2) is 6.17. The van der Waals surface area contributed by atoms with Crippen LogP contribution in [0.15, 0.2) is 52.8 Å². The van der Waals surface area contributed by atoms with Gasteiger partial charge in [0.25, 0.3) is 5.90 Å². The highest BCUT2D eigenvalue weighted by atomic mass is 35.5. The average molecular weight is 376 g/mol. The molecule has 7 heteroatoms. The Morgan fingerprint density at radius 3 is 2.68 bits per heavy atom. The summed E-state index contributed by atoms with van der Waals surface area (Å²) in [6.45, 7) is 0.553. The van der Waals surface area contributed by atoms with Crippen LogP contribution in [0.4, 0.5) is 11.4 Å². The van der Waals surface area contributed by atoms with Gasteiger partial charge in [-0.1, -0.05) is 23.2 Å². The van der Waals surface area contributed by atoms with E-state index in [0.717, 1.165) is 28.3 Å². The zero-order valence-corrected chi connectivity index (χ0v) is 14.9. The Labute approximate surface area is 155 Å². The Morgan fingerprint density at radius 1 is 1.20 bits per heavy atom. The smallest absolute Gasteiger partial charge is 0.252 e. The molecule has 0 spiro atoms. The molecule has 0 fully saturated rings. The number of nitrogens with zero attached hydrogens (tertiary/aromatic N) is 2. The Kier molecular flexibility index (Phi) is 3.98. The maximum Gasteiger partial charge on any atom is 0.252 e. The van der Waals surface area contributed by atoms with Crippen LogP contribution in [-0.4, -0.2) is 24.7 Å². The molecule has 2 N–H and O–H groups in total. The number of methoxy groups -OCH3 is 1. The second-order valence-corrected chi connectivity index (χ2v) is 6.72. The fourth-order valence-electron chi connectivity index (χ4n) is 3.05. The van der Waals surface area contributed by atoms with Crippen molar-refractivity contribution in [3.05, 3.63) is 63.3 Å². The van der Waals surface area contributed by atoms with E-state index in [2.05, 4.69) is 10.4 Å². The van der Waals surface area contributed by atoms with E-state index in [-0.39, 0.29) is 5.90 Å². The summed E-state index contributed by atoms with van der Waals surface area (Å²) < 4.78 is 5.18. The first kappa shape index (κ1) is 16.1. The van der Waals surface area contributed by atoms with Gasteiger partial charge in [0.2, 0.25) is 0 Å². The van der Waals surface area contributed by atoms with Gasteiger partial charge in [-0.05, 0) is 47.5 Å². The maximum absolute atomic E-state index is 10.4. The van der Waals surface area contributed by atoms with Gasteiger partial charge >= 0.3 is 0 Å². The molecule has 2 aromatic carbocycles. The van der Waals surface area contributed by atoms with Gasteiger partial charge in [-0.15, -0.1) is 5.10 Å². The summed E-state index contributed by atoms with van der Waals surface area (Å²) >= 11 is 12.4. The lowest BCUT2D eigenvalue weighted by atomic mass is 9.96. The fourth-order valence-corrected chi connectivity index (χ4v) is 3.61. The van der Waals surface area contributed by atoms with E-state index in [1.165, 1.54) is 0 Å². The van der Waals surface area contributed by atoms with Gasteiger partial charge in [0, 0.05) is 22.2 Å². The van der Waals surface area contributed by atoms with Crippen LogP contribution >= 0.6 is 23.2 Å². The second-order valence-electron chi connectivity index (χ2n) is 5.87. The van der Waals surface area contributed by atoms with E-state index < -0.39 is 0 Å². The van der Waals surface area contributed by atoms with Gasteiger partial charge in [0.1, 0.15) is 11.4 Å². The van der Waals surface area contributed by atoms with Crippen molar-refractivity contribution < 1.29 is 9.84 Å². The van der Waals surface area contributed by atoms with Crippen LogP contribution in [0.5, 0.6) is 5.75 Å². The minimum atomic E-state index is -0.0567. The molecule has 0 aliphatic carbocycles. The van der Waals surface area contributed by atoms with E-state index in [4.69, 9.17) is 27.9 Å². The van der Waals surface area contributed by atoms with Crippen molar-refractivity contribution in [2.24, 2.45) is 5.10 Å². The SMILES string of the molecule is COc1ccc(N2CC3=C(Nc4cc(Cl)cc(Cl)c4C3)C(O)=N2)cc1. The van der Waals surface area contributed by atoms with Crippen LogP contribution in [0.2, 0.25) is 10.0 Å². The van der Waals surface area contributed by atoms with Gasteiger partial charge in [-0.2, -0.15) is 0 Å². The molecule has 2 heterocycles. The number of aliphatic hydroxyl groups is 1. The highest BCUT2D eigenvalue weighted by Gasteiger charge is 2.28. The number of benzene rings is 2. The maximum atomic E-state index is 10.4. The molecule has 0 amide bonds. The molecule has 0 saturated heterocycles. The molecule has 0 saturated carbocycles. The van der Waals surface area contributed by atoms with Gasteiger partial charge in [-0.25, -0.2) is 0 Å². The summed E-state index contributed by atoms with van der Waals surface area (Å²) in [6, 6.07) is 11.1. The van der Waals surface area contributed by atoms with E-state index in [1.807, 2.05) is 24.3 Å². The molecule has 4 rings (SSSR count). The third kappa shape index (κ3) is 2.90. The Balaban J connectivity index is 1.65. The van der Waals surface area contributed by atoms with E-state index >= 15 is 0 Å². The summed E-state index contributed by atoms with van der Waals surface area (Å²) in [4.78, 5) is 0. The number of anilines is 2. The molecule has 0 radical (unpaired) electrons. The topological polar surface area (TPSA) is 57.1 Å². The molecule has 0 unspecified atom stereocenters. The molecule has 5 nitrogen and oxygen atoms in total. The van der Waals surface area contributed by atoms with Crippen LogP contribution in [-0.2, 0) is 6.42 Å². The molecule has 128 valence electrons. The van der Waals surface area contributed by atoms with Crippen LogP contribution in [0.25, 0.3) is 0 Å². The highest BCUT2D eigenvalue weighted by molar-refractivity contribution is 6.35. The summed E-state index contributed by atoms with van der Waals surface area (Å²) in [5, 5.41) is 20.8. The number of fused-ring (bicyclic) bond motifs is 1. The quantitative estimate of drug-likeness (QED) is 0.804. The average Bonchev–Trinajstić information content (AvgIpc) is 2.61. The third-order valence-corrected chi connectivity index (χ3v) is 4.87. The zero-order valence-electron chi connectivity index (χ0n) is 13.4. The Bertz CT molecular complexity index is 907. The fraction of sp³-hybridized carbons (Fsp3) is 0.167. The molecule has 2 aromatic rings. The van der Waals surface area contributed by atoms with Crippen molar-refractivity contribution in [1.29, 1.82) is 0 Å². The minimum absolute atomic E-state index is 0.0567. The molecule has 0 atom stereocenters. The van der Waals surface area contributed by atoms with Crippen molar-refractivity contribution in [3.8, 4) is 5.75 Å². The molecule has 2 aliphatic heterocycles. The lowest BCUT2D eigenvalue weighted by molar-refractivity contribution is 0.415. The van der Waals surface area contributed by atoms with Crippen LogP contribution in [0.3, 0.4) is 0 Å². The van der Waals surface area contributed by atoms with E-state index in [0.29, 0.717) is 28.7 Å². The summed E-state index contributed by atoms with van der Waals surface area (Å²) in [5.74, 6) is 0.713. The molecule has 2 aliphatic rings. The van der Waals surface area contributed by atoms with E-state index in [1.54, 1.807) is 24.3 Å². The predicted molar refractivity (Wildman–Crippen MR) is 101 cm³/mol. The molecule has 0 aromatic heterocycles. The number of rotatable bonds is 2. The lowest BCUT2D eigenvalue weighted by Gasteiger charge is -2.32. The number of halogens is 2.